The lowest BCUT2D eigenvalue weighted by Crippen LogP contribution is -2.40. The van der Waals surface area contributed by atoms with Crippen LogP contribution in [0.25, 0.3) is 22.4 Å². The zero-order valence-corrected chi connectivity index (χ0v) is 14.6. The monoisotopic (exact) mass is 350 g/mol. The van der Waals surface area contributed by atoms with Crippen LogP contribution in [0.4, 0.5) is 0 Å². The Morgan fingerprint density at radius 3 is 2.68 bits per heavy atom. The minimum atomic E-state index is 0.546. The van der Waals surface area contributed by atoms with E-state index in [0.717, 1.165) is 40.9 Å². The van der Waals surface area contributed by atoms with E-state index in [1.54, 1.807) is 0 Å². The van der Waals surface area contributed by atoms with Crippen LogP contribution >= 0.6 is 11.6 Å². The fraction of sp³-hybridized carbons (Fsp3) is 0.300. The number of fused-ring (bicyclic) bond motifs is 1. The van der Waals surface area contributed by atoms with Gasteiger partial charge >= 0.3 is 0 Å². The fourth-order valence-electron chi connectivity index (χ4n) is 3.78. The van der Waals surface area contributed by atoms with E-state index in [2.05, 4.69) is 33.2 Å². The van der Waals surface area contributed by atoms with E-state index in [-0.39, 0.29) is 0 Å². The first kappa shape index (κ1) is 15.1. The predicted octanol–water partition coefficient (Wildman–Crippen LogP) is 4.15. The fourth-order valence-corrected chi connectivity index (χ4v) is 3.97. The van der Waals surface area contributed by atoms with Gasteiger partial charge in [0.25, 0.3) is 0 Å². The third-order valence-electron chi connectivity index (χ3n) is 5.22. The van der Waals surface area contributed by atoms with Crippen LogP contribution in [0.3, 0.4) is 0 Å². The largest absolute Gasteiger partial charge is 0.306 e. The van der Waals surface area contributed by atoms with Gasteiger partial charge in [0.2, 0.25) is 0 Å². The number of nitrogens with one attached hydrogen (secondary N) is 1. The van der Waals surface area contributed by atoms with Gasteiger partial charge < -0.3 is 5.32 Å². The zero-order valence-electron chi connectivity index (χ0n) is 13.8. The molecule has 0 bridgehead atoms. The molecule has 5 rings (SSSR count). The lowest BCUT2D eigenvalue weighted by Gasteiger charge is -2.25. The van der Waals surface area contributed by atoms with E-state index in [1.807, 2.05) is 30.6 Å². The van der Waals surface area contributed by atoms with Crippen molar-refractivity contribution in [2.45, 2.75) is 32.0 Å². The van der Waals surface area contributed by atoms with Crippen LogP contribution in [0.1, 0.15) is 18.5 Å². The second-order valence-electron chi connectivity index (χ2n) is 6.92. The van der Waals surface area contributed by atoms with Crippen molar-refractivity contribution < 1.29 is 0 Å². The summed E-state index contributed by atoms with van der Waals surface area (Å²) in [6.07, 6.45) is 6.36. The number of pyridine rings is 1. The van der Waals surface area contributed by atoms with Crippen molar-refractivity contribution in [1.82, 2.24) is 20.1 Å². The molecule has 1 aromatic carbocycles. The molecular weight excluding hydrogens is 332 g/mol. The highest BCUT2D eigenvalue weighted by molar-refractivity contribution is 6.30. The van der Waals surface area contributed by atoms with Crippen LogP contribution in [0, 0.1) is 5.92 Å². The van der Waals surface area contributed by atoms with Gasteiger partial charge in [-0.3, -0.25) is 9.67 Å². The van der Waals surface area contributed by atoms with Gasteiger partial charge in [-0.05, 0) is 48.6 Å². The third kappa shape index (κ3) is 2.75. The summed E-state index contributed by atoms with van der Waals surface area (Å²) in [5.41, 5.74) is 5.65. The molecule has 1 unspecified atom stereocenters. The molecule has 3 heterocycles. The summed E-state index contributed by atoms with van der Waals surface area (Å²) < 4.78 is 2.20. The van der Waals surface area contributed by atoms with Gasteiger partial charge in [-0.1, -0.05) is 23.7 Å². The molecule has 3 aromatic rings. The number of nitrogens with zero attached hydrogens (tertiary/aromatic N) is 3. The molecule has 4 nitrogen and oxygen atoms in total. The van der Waals surface area contributed by atoms with Crippen LogP contribution in [0.2, 0.25) is 5.02 Å². The molecule has 0 spiro atoms. The summed E-state index contributed by atoms with van der Waals surface area (Å²) in [6.45, 7) is 1.80. The highest BCUT2D eigenvalue weighted by Crippen LogP contribution is 2.39. The molecular formula is C20H19ClN4. The smallest absolute Gasteiger partial charge is 0.101 e. The lowest BCUT2D eigenvalue weighted by molar-refractivity contribution is 0.339. The van der Waals surface area contributed by atoms with E-state index in [9.17, 15) is 0 Å². The van der Waals surface area contributed by atoms with E-state index in [4.69, 9.17) is 16.7 Å². The van der Waals surface area contributed by atoms with E-state index >= 15 is 0 Å². The number of aromatic nitrogens is 3. The normalized spacial score (nSPS) is 19.6. The number of halogens is 1. The highest BCUT2D eigenvalue weighted by atomic mass is 35.5. The molecule has 1 atom stereocenters. The number of benzene rings is 1. The van der Waals surface area contributed by atoms with Crippen LogP contribution in [0.5, 0.6) is 0 Å². The standard InChI is InChI=1S/C20H19ClN4/c21-16-3-1-2-15(10-16)20-19(14-6-8-22-9-7-14)18-11-23-17(13-4-5-13)12-25(18)24-20/h1-3,6-10,13,17,23H,4-5,11-12H2. The van der Waals surface area contributed by atoms with Gasteiger partial charge in [0, 0.05) is 41.1 Å². The Bertz CT molecular complexity index is 915. The maximum absolute atomic E-state index is 6.24. The SMILES string of the molecule is Clc1cccc(-c2nn3c(c2-c2ccncc2)CNC(C2CC2)C3)c1. The quantitative estimate of drug-likeness (QED) is 0.771. The summed E-state index contributed by atoms with van der Waals surface area (Å²) in [4.78, 5) is 4.16. The van der Waals surface area contributed by atoms with Gasteiger partial charge in [-0.15, -0.1) is 0 Å². The predicted molar refractivity (Wildman–Crippen MR) is 99.3 cm³/mol. The summed E-state index contributed by atoms with van der Waals surface area (Å²) in [5.74, 6) is 0.816. The molecule has 0 radical (unpaired) electrons. The van der Waals surface area contributed by atoms with Crippen LogP contribution in [0.15, 0.2) is 48.8 Å². The molecule has 5 heteroatoms. The molecule has 1 aliphatic heterocycles. The minimum absolute atomic E-state index is 0.546. The second-order valence-corrected chi connectivity index (χ2v) is 7.36. The summed E-state index contributed by atoms with van der Waals surface area (Å²) in [6, 6.07) is 12.6. The first-order valence-electron chi connectivity index (χ1n) is 8.79. The summed E-state index contributed by atoms with van der Waals surface area (Å²) >= 11 is 6.24. The van der Waals surface area contributed by atoms with E-state index in [1.165, 1.54) is 24.1 Å². The maximum Gasteiger partial charge on any atom is 0.101 e. The van der Waals surface area contributed by atoms with Crippen LogP contribution < -0.4 is 5.32 Å². The van der Waals surface area contributed by atoms with Crippen molar-refractivity contribution in [2.75, 3.05) is 0 Å². The van der Waals surface area contributed by atoms with Gasteiger partial charge in [-0.25, -0.2) is 0 Å². The Hall–Kier alpha value is -2.17. The average molecular weight is 351 g/mol. The average Bonchev–Trinajstić information content (AvgIpc) is 3.42. The van der Waals surface area contributed by atoms with Crippen molar-refractivity contribution in [2.24, 2.45) is 5.92 Å². The Morgan fingerprint density at radius 1 is 1.08 bits per heavy atom. The minimum Gasteiger partial charge on any atom is -0.306 e. The third-order valence-corrected chi connectivity index (χ3v) is 5.45. The molecule has 0 saturated heterocycles. The number of rotatable bonds is 3. The van der Waals surface area contributed by atoms with E-state index < -0.39 is 0 Å². The molecule has 25 heavy (non-hydrogen) atoms. The molecule has 1 fully saturated rings. The summed E-state index contributed by atoms with van der Waals surface area (Å²) in [7, 11) is 0. The van der Waals surface area contributed by atoms with Crippen molar-refractivity contribution in [3.63, 3.8) is 0 Å². The molecule has 2 aliphatic rings. The molecule has 2 aromatic heterocycles. The van der Waals surface area contributed by atoms with Crippen molar-refractivity contribution in [1.29, 1.82) is 0 Å². The highest BCUT2D eigenvalue weighted by Gasteiger charge is 2.35. The van der Waals surface area contributed by atoms with Gasteiger partial charge in [0.15, 0.2) is 0 Å². The van der Waals surface area contributed by atoms with Crippen LogP contribution in [-0.2, 0) is 13.1 Å². The van der Waals surface area contributed by atoms with Crippen molar-refractivity contribution >= 4 is 11.6 Å². The Balaban J connectivity index is 1.67. The Labute approximate surface area is 151 Å². The maximum atomic E-state index is 6.24. The van der Waals surface area contributed by atoms with E-state index in [0.29, 0.717) is 6.04 Å². The molecule has 1 N–H and O–H groups in total. The summed E-state index contributed by atoms with van der Waals surface area (Å²) in [5, 5.41) is 9.45. The number of hydrogen-bond acceptors (Lipinski definition) is 3. The first-order valence-corrected chi connectivity index (χ1v) is 9.17. The van der Waals surface area contributed by atoms with Crippen molar-refractivity contribution in [3.05, 3.63) is 59.5 Å². The van der Waals surface area contributed by atoms with Crippen molar-refractivity contribution in [3.8, 4) is 22.4 Å². The van der Waals surface area contributed by atoms with Gasteiger partial charge in [0.1, 0.15) is 5.69 Å². The Kier molecular flexibility index (Phi) is 3.61. The van der Waals surface area contributed by atoms with Gasteiger partial charge in [-0.2, -0.15) is 5.10 Å². The topological polar surface area (TPSA) is 42.7 Å². The molecule has 0 amide bonds. The Morgan fingerprint density at radius 2 is 1.92 bits per heavy atom. The molecule has 126 valence electrons. The van der Waals surface area contributed by atoms with Gasteiger partial charge in [0.05, 0.1) is 12.2 Å². The lowest BCUT2D eigenvalue weighted by atomic mass is 9.98. The first-order chi connectivity index (χ1) is 12.3. The van der Waals surface area contributed by atoms with Crippen LogP contribution in [-0.4, -0.2) is 20.8 Å². The number of hydrogen-bond donors (Lipinski definition) is 1. The molecule has 1 saturated carbocycles. The second kappa shape index (κ2) is 5.97. The zero-order chi connectivity index (χ0) is 16.8. The molecule has 1 aliphatic carbocycles.